The van der Waals surface area contributed by atoms with Crippen molar-refractivity contribution in [3.63, 3.8) is 0 Å². The van der Waals surface area contributed by atoms with Crippen molar-refractivity contribution in [2.45, 2.75) is 48.4 Å². The van der Waals surface area contributed by atoms with Crippen LogP contribution in [-0.4, -0.2) is 55.3 Å². The third-order valence-electron chi connectivity index (χ3n) is 4.95. The average Bonchev–Trinajstić information content (AvgIpc) is 3.33. The molecule has 144 valence electrons. The van der Waals surface area contributed by atoms with E-state index in [1.807, 2.05) is 4.90 Å². The number of hydrogen-bond acceptors (Lipinski definition) is 5. The van der Waals surface area contributed by atoms with Crippen LogP contribution in [0.1, 0.15) is 25.7 Å². The Bertz CT molecular complexity index is 762. The molecule has 0 unspecified atom stereocenters. The zero-order chi connectivity index (χ0) is 18.9. The van der Waals surface area contributed by atoms with Gasteiger partial charge in [0.15, 0.2) is 0 Å². The number of nitrogens with zero attached hydrogens (tertiary/aromatic N) is 1. The smallest absolute Gasteiger partial charge is 0.341 e. The largest absolute Gasteiger partial charge is 0.480 e. The summed E-state index contributed by atoms with van der Waals surface area (Å²) in [6.07, 6.45) is 3.57. The number of benzene rings is 1. The van der Waals surface area contributed by atoms with Crippen LogP contribution in [0.25, 0.3) is 0 Å². The number of anilines is 1. The fraction of sp³-hybridized carbons (Fsp3) is 0.588. The summed E-state index contributed by atoms with van der Waals surface area (Å²) in [4.78, 5) is 12.6. The van der Waals surface area contributed by atoms with E-state index in [0.717, 1.165) is 19.4 Å². The molecule has 2 saturated carbocycles. The SMILES string of the molecule is O=C(O)CN(CC1CC1)C1CC(Nc2ccccc2S(=O)(=O)C(F)F)C1. The van der Waals surface area contributed by atoms with E-state index in [1.54, 1.807) is 6.07 Å². The first-order chi connectivity index (χ1) is 12.3. The molecule has 0 radical (unpaired) electrons. The molecule has 2 aliphatic rings. The van der Waals surface area contributed by atoms with E-state index >= 15 is 0 Å². The van der Waals surface area contributed by atoms with E-state index in [0.29, 0.717) is 18.8 Å². The van der Waals surface area contributed by atoms with Gasteiger partial charge >= 0.3 is 11.7 Å². The van der Waals surface area contributed by atoms with Crippen molar-refractivity contribution >= 4 is 21.5 Å². The summed E-state index contributed by atoms with van der Waals surface area (Å²) < 4.78 is 49.3. The average molecular weight is 388 g/mol. The normalized spacial score (nSPS) is 23.1. The number of rotatable bonds is 9. The van der Waals surface area contributed by atoms with Gasteiger partial charge in [-0.2, -0.15) is 8.78 Å². The van der Waals surface area contributed by atoms with Crippen molar-refractivity contribution in [1.29, 1.82) is 0 Å². The van der Waals surface area contributed by atoms with E-state index < -0.39 is 26.5 Å². The Morgan fingerprint density at radius 3 is 2.50 bits per heavy atom. The number of nitrogens with one attached hydrogen (secondary N) is 1. The number of alkyl halides is 2. The van der Waals surface area contributed by atoms with Gasteiger partial charge in [0.05, 0.1) is 17.1 Å². The van der Waals surface area contributed by atoms with Crippen LogP contribution >= 0.6 is 0 Å². The molecular weight excluding hydrogens is 366 g/mol. The zero-order valence-electron chi connectivity index (χ0n) is 14.1. The molecule has 0 atom stereocenters. The lowest BCUT2D eigenvalue weighted by Gasteiger charge is -2.43. The highest BCUT2D eigenvalue weighted by atomic mass is 32.2. The molecule has 2 fully saturated rings. The number of para-hydroxylation sites is 1. The van der Waals surface area contributed by atoms with Crippen LogP contribution in [0.5, 0.6) is 0 Å². The van der Waals surface area contributed by atoms with Crippen LogP contribution in [0.15, 0.2) is 29.2 Å². The molecule has 2 N–H and O–H groups in total. The molecule has 1 aromatic rings. The first kappa shape index (κ1) is 19.0. The summed E-state index contributed by atoms with van der Waals surface area (Å²) in [6.45, 7) is 0.754. The Hall–Kier alpha value is -1.74. The first-order valence-electron chi connectivity index (χ1n) is 8.61. The lowest BCUT2D eigenvalue weighted by Crippen LogP contribution is -2.52. The molecular formula is C17H22F2N2O4S. The Balaban J connectivity index is 1.63. The van der Waals surface area contributed by atoms with Gasteiger partial charge < -0.3 is 10.4 Å². The van der Waals surface area contributed by atoms with Crippen molar-refractivity contribution in [2.24, 2.45) is 5.92 Å². The summed E-state index contributed by atoms with van der Waals surface area (Å²) in [6, 6.07) is 5.69. The molecule has 0 aliphatic heterocycles. The van der Waals surface area contributed by atoms with Gasteiger partial charge in [-0.25, -0.2) is 8.42 Å². The van der Waals surface area contributed by atoms with Gasteiger partial charge in [-0.1, -0.05) is 12.1 Å². The standard InChI is InChI=1S/C17H22F2N2O4S/c18-17(19)26(24,25)15-4-2-1-3-14(15)20-12-7-13(8-12)21(10-16(22)23)9-11-5-6-11/h1-4,11-13,17,20H,5-10H2,(H,22,23). The highest BCUT2D eigenvalue weighted by molar-refractivity contribution is 7.91. The molecule has 0 heterocycles. The molecule has 3 rings (SSSR count). The molecule has 9 heteroatoms. The number of carbonyl (C=O) groups is 1. The summed E-state index contributed by atoms with van der Waals surface area (Å²) in [5, 5.41) is 12.1. The fourth-order valence-electron chi connectivity index (χ4n) is 3.30. The molecule has 0 saturated heterocycles. The second kappa shape index (κ2) is 7.48. The summed E-state index contributed by atoms with van der Waals surface area (Å²) in [7, 11) is -4.67. The summed E-state index contributed by atoms with van der Waals surface area (Å²) >= 11 is 0. The number of carboxylic acid groups (broad SMARTS) is 1. The van der Waals surface area contributed by atoms with Gasteiger partial charge in [-0.05, 0) is 43.7 Å². The van der Waals surface area contributed by atoms with E-state index in [2.05, 4.69) is 5.32 Å². The van der Waals surface area contributed by atoms with Gasteiger partial charge in [0.2, 0.25) is 9.84 Å². The second-order valence-electron chi connectivity index (χ2n) is 7.03. The number of hydrogen-bond donors (Lipinski definition) is 2. The molecule has 0 bridgehead atoms. The van der Waals surface area contributed by atoms with Crippen molar-refractivity contribution < 1.29 is 27.1 Å². The van der Waals surface area contributed by atoms with Crippen LogP contribution in [0.3, 0.4) is 0 Å². The maximum Gasteiger partial charge on any atom is 0.341 e. The zero-order valence-corrected chi connectivity index (χ0v) is 15.0. The lowest BCUT2D eigenvalue weighted by molar-refractivity contribution is -0.139. The minimum Gasteiger partial charge on any atom is -0.480 e. The highest BCUT2D eigenvalue weighted by Crippen LogP contribution is 2.35. The van der Waals surface area contributed by atoms with E-state index in [-0.39, 0.29) is 24.3 Å². The van der Waals surface area contributed by atoms with E-state index in [1.165, 1.54) is 18.2 Å². The Morgan fingerprint density at radius 1 is 1.27 bits per heavy atom. The van der Waals surface area contributed by atoms with Crippen LogP contribution in [0.4, 0.5) is 14.5 Å². The number of aliphatic carboxylic acids is 1. The molecule has 1 aromatic carbocycles. The van der Waals surface area contributed by atoms with Gasteiger partial charge in [0.25, 0.3) is 0 Å². The third kappa shape index (κ3) is 4.32. The van der Waals surface area contributed by atoms with Crippen molar-refractivity contribution in [1.82, 2.24) is 4.90 Å². The Kier molecular flexibility index (Phi) is 5.47. The number of halogens is 2. The van der Waals surface area contributed by atoms with E-state index in [4.69, 9.17) is 5.11 Å². The fourth-order valence-corrected chi connectivity index (χ4v) is 4.20. The first-order valence-corrected chi connectivity index (χ1v) is 10.2. The van der Waals surface area contributed by atoms with Gasteiger partial charge in [0.1, 0.15) is 0 Å². The van der Waals surface area contributed by atoms with Crippen molar-refractivity contribution in [3.05, 3.63) is 24.3 Å². The van der Waals surface area contributed by atoms with Crippen molar-refractivity contribution in [2.75, 3.05) is 18.4 Å². The molecule has 2 aliphatic carbocycles. The van der Waals surface area contributed by atoms with Gasteiger partial charge in [0, 0.05) is 18.6 Å². The summed E-state index contributed by atoms with van der Waals surface area (Å²) in [5.41, 5.74) is 0.170. The van der Waals surface area contributed by atoms with Gasteiger partial charge in [-0.15, -0.1) is 0 Å². The van der Waals surface area contributed by atoms with Crippen LogP contribution in [-0.2, 0) is 14.6 Å². The van der Waals surface area contributed by atoms with Crippen molar-refractivity contribution in [3.8, 4) is 0 Å². The van der Waals surface area contributed by atoms with Gasteiger partial charge in [-0.3, -0.25) is 9.69 Å². The third-order valence-corrected chi connectivity index (χ3v) is 6.38. The molecule has 0 aromatic heterocycles. The molecule has 0 amide bonds. The minimum absolute atomic E-state index is 0.00969. The molecule has 26 heavy (non-hydrogen) atoms. The molecule has 6 nitrogen and oxygen atoms in total. The van der Waals surface area contributed by atoms with Crippen LogP contribution in [0.2, 0.25) is 0 Å². The quantitative estimate of drug-likeness (QED) is 0.676. The topological polar surface area (TPSA) is 86.7 Å². The predicted octanol–water partition coefficient (Wildman–Crippen LogP) is 2.42. The monoisotopic (exact) mass is 388 g/mol. The summed E-state index contributed by atoms with van der Waals surface area (Å²) in [5.74, 6) is -3.77. The molecule has 0 spiro atoms. The van der Waals surface area contributed by atoms with Crippen LogP contribution in [0, 0.1) is 5.92 Å². The maximum atomic E-state index is 12.9. The highest BCUT2D eigenvalue weighted by Gasteiger charge is 2.38. The predicted molar refractivity (Wildman–Crippen MR) is 92.0 cm³/mol. The van der Waals surface area contributed by atoms with Crippen LogP contribution < -0.4 is 5.32 Å². The minimum atomic E-state index is -4.67. The Labute approximate surface area is 151 Å². The number of sulfone groups is 1. The Morgan fingerprint density at radius 2 is 1.92 bits per heavy atom. The van der Waals surface area contributed by atoms with E-state index in [9.17, 15) is 22.0 Å². The lowest BCUT2D eigenvalue weighted by atomic mass is 9.85. The maximum absolute atomic E-state index is 12.9. The second-order valence-corrected chi connectivity index (χ2v) is 8.92. The number of carboxylic acids is 1.